The van der Waals surface area contributed by atoms with E-state index in [1.807, 2.05) is 30.0 Å². The Labute approximate surface area is 161 Å². The van der Waals surface area contributed by atoms with Crippen LogP contribution < -0.4 is 9.64 Å². The fourth-order valence-corrected chi connectivity index (χ4v) is 3.17. The minimum Gasteiger partial charge on any atom is -0.481 e. The summed E-state index contributed by atoms with van der Waals surface area (Å²) in [5, 5.41) is 11.1. The number of tetrazole rings is 1. The Morgan fingerprint density at radius 1 is 1.11 bits per heavy atom. The number of nitrogens with zero attached hydrogens (tertiary/aromatic N) is 8. The molecule has 1 fully saturated rings. The molecule has 0 N–H and O–H groups in total. The number of carbonyl (C=O) groups excluding carboxylic acids is 1. The Morgan fingerprint density at radius 3 is 2.64 bits per heavy atom. The number of ether oxygens (including phenoxy) is 1. The lowest BCUT2D eigenvalue weighted by Gasteiger charge is -2.35. The van der Waals surface area contributed by atoms with Gasteiger partial charge >= 0.3 is 0 Å². The van der Waals surface area contributed by atoms with E-state index in [2.05, 4.69) is 30.4 Å². The van der Waals surface area contributed by atoms with E-state index in [9.17, 15) is 4.79 Å². The number of carbonyl (C=O) groups is 1. The molecule has 3 heterocycles. The molecule has 10 nitrogen and oxygen atoms in total. The van der Waals surface area contributed by atoms with Gasteiger partial charge in [0.1, 0.15) is 18.0 Å². The first kappa shape index (κ1) is 17.8. The average molecular weight is 380 g/mol. The zero-order valence-electron chi connectivity index (χ0n) is 15.7. The molecule has 0 saturated carbocycles. The minimum atomic E-state index is -0.00831. The third kappa shape index (κ3) is 3.61. The molecule has 28 heavy (non-hydrogen) atoms. The zero-order valence-corrected chi connectivity index (χ0v) is 15.7. The van der Waals surface area contributed by atoms with E-state index in [1.54, 1.807) is 19.2 Å². The molecule has 1 aromatic carbocycles. The van der Waals surface area contributed by atoms with Crippen LogP contribution >= 0.6 is 0 Å². The molecule has 0 aliphatic carbocycles. The van der Waals surface area contributed by atoms with Crippen molar-refractivity contribution in [3.05, 3.63) is 48.0 Å². The van der Waals surface area contributed by atoms with Gasteiger partial charge in [-0.25, -0.2) is 9.67 Å². The van der Waals surface area contributed by atoms with Crippen LogP contribution in [0.1, 0.15) is 16.2 Å². The third-order valence-electron chi connectivity index (χ3n) is 4.61. The monoisotopic (exact) mass is 380 g/mol. The molecule has 1 amide bonds. The van der Waals surface area contributed by atoms with Crippen LogP contribution in [0.5, 0.6) is 5.88 Å². The van der Waals surface area contributed by atoms with Gasteiger partial charge in [0.25, 0.3) is 5.91 Å². The summed E-state index contributed by atoms with van der Waals surface area (Å²) in [5.74, 6) is 2.01. The summed E-state index contributed by atoms with van der Waals surface area (Å²) in [4.78, 5) is 25.6. The SMILES string of the molecule is COc1cc(N2CCN(C(=O)c3cccc(-n4cnnn4)c3)CC2)nc(C)n1. The summed E-state index contributed by atoms with van der Waals surface area (Å²) < 4.78 is 6.75. The number of piperazine rings is 1. The fourth-order valence-electron chi connectivity index (χ4n) is 3.17. The van der Waals surface area contributed by atoms with Crippen LogP contribution in [0.3, 0.4) is 0 Å². The third-order valence-corrected chi connectivity index (χ3v) is 4.61. The molecule has 4 rings (SSSR count). The van der Waals surface area contributed by atoms with Gasteiger partial charge in [0.15, 0.2) is 0 Å². The van der Waals surface area contributed by atoms with E-state index in [-0.39, 0.29) is 5.91 Å². The summed E-state index contributed by atoms with van der Waals surface area (Å²) in [7, 11) is 1.59. The number of methoxy groups -OCH3 is 1. The average Bonchev–Trinajstić information content (AvgIpc) is 3.28. The van der Waals surface area contributed by atoms with Crippen molar-refractivity contribution >= 4 is 11.7 Å². The zero-order chi connectivity index (χ0) is 19.5. The molecule has 2 aromatic heterocycles. The van der Waals surface area contributed by atoms with Crippen LogP contribution in [0.2, 0.25) is 0 Å². The highest BCUT2D eigenvalue weighted by Gasteiger charge is 2.23. The van der Waals surface area contributed by atoms with Crippen molar-refractivity contribution in [2.45, 2.75) is 6.92 Å². The standard InChI is InChI=1S/C18H20N8O2/c1-13-20-16(11-17(21-13)28-2)24-6-8-25(9-7-24)18(27)14-4-3-5-15(10-14)26-12-19-22-23-26/h3-5,10-12H,6-9H2,1-2H3. The fraction of sp³-hybridized carbons (Fsp3) is 0.333. The van der Waals surface area contributed by atoms with Gasteiger partial charge in [0, 0.05) is 37.8 Å². The molecule has 10 heteroatoms. The maximum atomic E-state index is 12.9. The molecule has 144 valence electrons. The highest BCUT2D eigenvalue weighted by molar-refractivity contribution is 5.95. The topological polar surface area (TPSA) is 102 Å². The number of rotatable bonds is 4. The van der Waals surface area contributed by atoms with E-state index in [4.69, 9.17) is 4.74 Å². The molecule has 1 aliphatic heterocycles. The maximum Gasteiger partial charge on any atom is 0.254 e. The van der Waals surface area contributed by atoms with E-state index in [0.29, 0.717) is 43.4 Å². The largest absolute Gasteiger partial charge is 0.481 e. The minimum absolute atomic E-state index is 0.00831. The normalized spacial score (nSPS) is 14.2. The molecule has 0 radical (unpaired) electrons. The van der Waals surface area contributed by atoms with Crippen molar-refractivity contribution in [3.8, 4) is 11.6 Å². The van der Waals surface area contributed by atoms with Crippen molar-refractivity contribution in [3.63, 3.8) is 0 Å². The molecule has 3 aromatic rings. The first-order valence-corrected chi connectivity index (χ1v) is 8.91. The van der Waals surface area contributed by atoms with Gasteiger partial charge in [-0.05, 0) is 35.5 Å². The number of hydrogen-bond donors (Lipinski definition) is 0. The second kappa shape index (κ2) is 7.59. The first-order chi connectivity index (χ1) is 13.6. The van der Waals surface area contributed by atoms with E-state index in [0.717, 1.165) is 11.5 Å². The van der Waals surface area contributed by atoms with Crippen molar-refractivity contribution in [2.75, 3.05) is 38.2 Å². The Bertz CT molecular complexity index is 967. The van der Waals surface area contributed by atoms with Gasteiger partial charge in [-0.3, -0.25) is 4.79 Å². The molecule has 0 atom stereocenters. The lowest BCUT2D eigenvalue weighted by molar-refractivity contribution is 0.0746. The van der Waals surface area contributed by atoms with E-state index < -0.39 is 0 Å². The Morgan fingerprint density at radius 2 is 1.93 bits per heavy atom. The molecular formula is C18H20N8O2. The summed E-state index contributed by atoms with van der Waals surface area (Å²) in [6, 6.07) is 9.11. The Hall–Kier alpha value is -3.56. The van der Waals surface area contributed by atoms with Crippen molar-refractivity contribution in [1.29, 1.82) is 0 Å². The number of hydrogen-bond acceptors (Lipinski definition) is 8. The van der Waals surface area contributed by atoms with Crippen LogP contribution in [0, 0.1) is 6.92 Å². The quantitative estimate of drug-likeness (QED) is 0.653. The van der Waals surface area contributed by atoms with Crippen LogP contribution in [-0.4, -0.2) is 74.3 Å². The van der Waals surface area contributed by atoms with Gasteiger partial charge in [0.05, 0.1) is 12.8 Å². The number of aryl methyl sites for hydroxylation is 1. The van der Waals surface area contributed by atoms with Crippen molar-refractivity contribution < 1.29 is 9.53 Å². The summed E-state index contributed by atoms with van der Waals surface area (Å²) in [6.45, 7) is 4.44. The lowest BCUT2D eigenvalue weighted by Crippen LogP contribution is -2.49. The molecular weight excluding hydrogens is 360 g/mol. The second-order valence-corrected chi connectivity index (χ2v) is 6.40. The summed E-state index contributed by atoms with van der Waals surface area (Å²) >= 11 is 0. The van der Waals surface area contributed by atoms with Crippen LogP contribution in [0.25, 0.3) is 5.69 Å². The molecule has 0 bridgehead atoms. The number of amides is 1. The van der Waals surface area contributed by atoms with Crippen LogP contribution in [0.4, 0.5) is 5.82 Å². The first-order valence-electron chi connectivity index (χ1n) is 8.91. The highest BCUT2D eigenvalue weighted by atomic mass is 16.5. The van der Waals surface area contributed by atoms with Crippen molar-refractivity contribution in [2.24, 2.45) is 0 Å². The maximum absolute atomic E-state index is 12.9. The van der Waals surface area contributed by atoms with E-state index >= 15 is 0 Å². The van der Waals surface area contributed by atoms with Crippen LogP contribution in [-0.2, 0) is 0 Å². The molecule has 0 spiro atoms. The second-order valence-electron chi connectivity index (χ2n) is 6.40. The van der Waals surface area contributed by atoms with Gasteiger partial charge < -0.3 is 14.5 Å². The smallest absolute Gasteiger partial charge is 0.254 e. The summed E-state index contributed by atoms with van der Waals surface area (Å²) in [6.07, 6.45) is 1.50. The van der Waals surface area contributed by atoms with Gasteiger partial charge in [-0.15, -0.1) is 5.10 Å². The number of anilines is 1. The van der Waals surface area contributed by atoms with Crippen LogP contribution in [0.15, 0.2) is 36.7 Å². The molecule has 1 aliphatic rings. The van der Waals surface area contributed by atoms with E-state index in [1.165, 1.54) is 11.0 Å². The Kier molecular flexibility index (Phi) is 4.83. The Balaban J connectivity index is 1.45. The summed E-state index contributed by atoms with van der Waals surface area (Å²) in [5.41, 5.74) is 1.36. The predicted octanol–water partition coefficient (Wildman–Crippen LogP) is 0.732. The van der Waals surface area contributed by atoms with Gasteiger partial charge in [0.2, 0.25) is 5.88 Å². The number of benzene rings is 1. The predicted molar refractivity (Wildman–Crippen MR) is 101 cm³/mol. The molecule has 0 unspecified atom stereocenters. The van der Waals surface area contributed by atoms with Crippen molar-refractivity contribution in [1.82, 2.24) is 35.1 Å². The number of aromatic nitrogens is 6. The molecule has 1 saturated heterocycles. The van der Waals surface area contributed by atoms with Gasteiger partial charge in [-0.1, -0.05) is 6.07 Å². The van der Waals surface area contributed by atoms with Gasteiger partial charge in [-0.2, -0.15) is 4.98 Å². The highest BCUT2D eigenvalue weighted by Crippen LogP contribution is 2.20. The lowest BCUT2D eigenvalue weighted by atomic mass is 10.1.